The number of hydrogen-bond donors (Lipinski definition) is 1. The minimum atomic E-state index is 0. The van der Waals surface area contributed by atoms with Gasteiger partial charge in [0.1, 0.15) is 0 Å². The molecular formula is C16H35IN4O. The molecule has 0 aromatic rings. The summed E-state index contributed by atoms with van der Waals surface area (Å²) in [6.07, 6.45) is 3.65. The van der Waals surface area contributed by atoms with Crippen molar-refractivity contribution < 1.29 is 4.74 Å². The Morgan fingerprint density at radius 3 is 2.64 bits per heavy atom. The summed E-state index contributed by atoms with van der Waals surface area (Å²) < 4.78 is 5.25. The Labute approximate surface area is 153 Å². The first kappa shape index (κ1) is 21.9. The van der Waals surface area contributed by atoms with Crippen molar-refractivity contribution in [3.05, 3.63) is 0 Å². The van der Waals surface area contributed by atoms with E-state index in [2.05, 4.69) is 34.0 Å². The molecule has 22 heavy (non-hydrogen) atoms. The lowest BCUT2D eigenvalue weighted by Gasteiger charge is -2.22. The van der Waals surface area contributed by atoms with Gasteiger partial charge < -0.3 is 19.9 Å². The second-order valence-corrected chi connectivity index (χ2v) is 5.76. The molecule has 0 aromatic carbocycles. The Bertz CT molecular complexity index is 298. The van der Waals surface area contributed by atoms with Crippen LogP contribution in [0.5, 0.6) is 0 Å². The van der Waals surface area contributed by atoms with Gasteiger partial charge in [-0.2, -0.15) is 0 Å². The highest BCUT2D eigenvalue weighted by molar-refractivity contribution is 14.0. The van der Waals surface area contributed by atoms with Crippen LogP contribution < -0.4 is 5.32 Å². The number of halogens is 1. The van der Waals surface area contributed by atoms with Crippen LogP contribution in [0.4, 0.5) is 0 Å². The third-order valence-corrected chi connectivity index (χ3v) is 4.28. The molecule has 1 rings (SSSR count). The maximum absolute atomic E-state index is 5.25. The van der Waals surface area contributed by atoms with Crippen LogP contribution in [-0.4, -0.2) is 75.8 Å². The number of likely N-dealkylation sites (tertiary alicyclic amines) is 1. The van der Waals surface area contributed by atoms with Crippen molar-refractivity contribution in [2.45, 2.75) is 33.1 Å². The summed E-state index contributed by atoms with van der Waals surface area (Å²) in [6, 6.07) is 0. The summed E-state index contributed by atoms with van der Waals surface area (Å²) in [5, 5.41) is 3.50. The third kappa shape index (κ3) is 7.97. The molecular weight excluding hydrogens is 391 g/mol. The fourth-order valence-corrected chi connectivity index (χ4v) is 2.93. The van der Waals surface area contributed by atoms with Gasteiger partial charge >= 0.3 is 0 Å². The van der Waals surface area contributed by atoms with Crippen LogP contribution in [0.2, 0.25) is 0 Å². The van der Waals surface area contributed by atoms with Crippen LogP contribution in [0, 0.1) is 5.92 Å². The standard InChI is InChI=1S/C16H34N4O.HI/c1-5-19(6-2)11-8-7-10-18-16(17-3)20-12-9-15(13-20)14-21-4;/h15H,5-14H2,1-4H3,(H,17,18);1H. The Balaban J connectivity index is 0.00000441. The van der Waals surface area contributed by atoms with Gasteiger partial charge in [-0.05, 0) is 38.9 Å². The molecule has 1 aliphatic rings. The monoisotopic (exact) mass is 426 g/mol. The SMILES string of the molecule is CCN(CC)CCCCNC(=NC)N1CCC(COC)C1.I. The van der Waals surface area contributed by atoms with E-state index in [1.54, 1.807) is 7.11 Å². The number of unbranched alkanes of at least 4 members (excludes halogenated alkanes) is 1. The van der Waals surface area contributed by atoms with Gasteiger partial charge in [-0.3, -0.25) is 4.99 Å². The fourth-order valence-electron chi connectivity index (χ4n) is 2.93. The molecule has 1 fully saturated rings. The molecule has 1 N–H and O–H groups in total. The first-order valence-electron chi connectivity index (χ1n) is 8.42. The van der Waals surface area contributed by atoms with Gasteiger partial charge in [-0.15, -0.1) is 24.0 Å². The van der Waals surface area contributed by atoms with E-state index >= 15 is 0 Å². The van der Waals surface area contributed by atoms with E-state index < -0.39 is 0 Å². The summed E-state index contributed by atoms with van der Waals surface area (Å²) in [7, 11) is 3.66. The van der Waals surface area contributed by atoms with Crippen LogP contribution in [-0.2, 0) is 4.74 Å². The zero-order valence-electron chi connectivity index (χ0n) is 14.8. The minimum absolute atomic E-state index is 0. The number of ether oxygens (including phenoxy) is 1. The predicted octanol–water partition coefficient (Wildman–Crippen LogP) is 2.27. The summed E-state index contributed by atoms with van der Waals surface area (Å²) in [5.74, 6) is 1.70. The summed E-state index contributed by atoms with van der Waals surface area (Å²) in [4.78, 5) is 9.24. The molecule has 5 nitrogen and oxygen atoms in total. The molecule has 6 heteroatoms. The van der Waals surface area contributed by atoms with Gasteiger partial charge in [-0.1, -0.05) is 13.8 Å². The van der Waals surface area contributed by atoms with Crippen LogP contribution in [0.15, 0.2) is 4.99 Å². The van der Waals surface area contributed by atoms with E-state index in [0.717, 1.165) is 45.3 Å². The van der Waals surface area contributed by atoms with Crippen molar-refractivity contribution in [1.29, 1.82) is 0 Å². The molecule has 1 aliphatic heterocycles. The first-order valence-corrected chi connectivity index (χ1v) is 8.42. The van der Waals surface area contributed by atoms with Gasteiger partial charge in [0.05, 0.1) is 6.61 Å². The van der Waals surface area contributed by atoms with Crippen molar-refractivity contribution in [3.8, 4) is 0 Å². The number of methoxy groups -OCH3 is 1. The number of aliphatic imine (C=N–C) groups is 1. The lowest BCUT2D eigenvalue weighted by atomic mass is 10.1. The molecule has 1 unspecified atom stereocenters. The van der Waals surface area contributed by atoms with E-state index in [4.69, 9.17) is 4.74 Å². The molecule has 0 aliphatic carbocycles. The van der Waals surface area contributed by atoms with E-state index in [1.165, 1.54) is 25.8 Å². The van der Waals surface area contributed by atoms with E-state index in [0.29, 0.717) is 5.92 Å². The van der Waals surface area contributed by atoms with Gasteiger partial charge in [-0.25, -0.2) is 0 Å². The first-order chi connectivity index (χ1) is 10.2. The maximum atomic E-state index is 5.25. The highest BCUT2D eigenvalue weighted by Gasteiger charge is 2.24. The van der Waals surface area contributed by atoms with Gasteiger partial charge in [0.2, 0.25) is 0 Å². The summed E-state index contributed by atoms with van der Waals surface area (Å²) in [5.41, 5.74) is 0. The molecule has 132 valence electrons. The Hall–Kier alpha value is -0.0800. The van der Waals surface area contributed by atoms with Crippen molar-refractivity contribution in [1.82, 2.24) is 15.1 Å². The average molecular weight is 426 g/mol. The highest BCUT2D eigenvalue weighted by Crippen LogP contribution is 2.16. The van der Waals surface area contributed by atoms with E-state index in [9.17, 15) is 0 Å². The second-order valence-electron chi connectivity index (χ2n) is 5.76. The third-order valence-electron chi connectivity index (χ3n) is 4.28. The average Bonchev–Trinajstić information content (AvgIpc) is 2.96. The lowest BCUT2D eigenvalue weighted by molar-refractivity contribution is 0.157. The molecule has 0 aromatic heterocycles. The topological polar surface area (TPSA) is 40.1 Å². The Kier molecular flexibility index (Phi) is 13.3. The minimum Gasteiger partial charge on any atom is -0.384 e. The Morgan fingerprint density at radius 2 is 2.05 bits per heavy atom. The van der Waals surface area contributed by atoms with Crippen LogP contribution in [0.25, 0.3) is 0 Å². The molecule has 1 atom stereocenters. The molecule has 0 radical (unpaired) electrons. The quantitative estimate of drug-likeness (QED) is 0.266. The number of rotatable bonds is 9. The second kappa shape index (κ2) is 13.4. The number of nitrogens with zero attached hydrogens (tertiary/aromatic N) is 3. The molecule has 0 bridgehead atoms. The largest absolute Gasteiger partial charge is 0.384 e. The molecule has 0 spiro atoms. The van der Waals surface area contributed by atoms with Crippen molar-refractivity contribution >= 4 is 29.9 Å². The fraction of sp³-hybridized carbons (Fsp3) is 0.938. The highest BCUT2D eigenvalue weighted by atomic mass is 127. The van der Waals surface area contributed by atoms with Gasteiger partial charge in [0.15, 0.2) is 5.96 Å². The van der Waals surface area contributed by atoms with Crippen molar-refractivity contribution in [3.63, 3.8) is 0 Å². The molecule has 0 amide bonds. The number of guanidine groups is 1. The summed E-state index contributed by atoms with van der Waals surface area (Å²) in [6.45, 7) is 12.0. The van der Waals surface area contributed by atoms with E-state index in [-0.39, 0.29) is 24.0 Å². The number of hydrogen-bond acceptors (Lipinski definition) is 3. The lowest BCUT2D eigenvalue weighted by Crippen LogP contribution is -2.40. The zero-order chi connectivity index (χ0) is 15.5. The maximum Gasteiger partial charge on any atom is 0.193 e. The number of nitrogens with one attached hydrogen (secondary N) is 1. The van der Waals surface area contributed by atoms with Crippen molar-refractivity contribution in [2.75, 3.05) is 60.0 Å². The normalized spacial score (nSPS) is 18.7. The predicted molar refractivity (Wildman–Crippen MR) is 105 cm³/mol. The van der Waals surface area contributed by atoms with Crippen molar-refractivity contribution in [2.24, 2.45) is 10.9 Å². The van der Waals surface area contributed by atoms with Crippen LogP contribution in [0.3, 0.4) is 0 Å². The zero-order valence-corrected chi connectivity index (χ0v) is 17.1. The van der Waals surface area contributed by atoms with Crippen LogP contribution in [0.1, 0.15) is 33.1 Å². The molecule has 1 saturated heterocycles. The van der Waals surface area contributed by atoms with Crippen LogP contribution >= 0.6 is 24.0 Å². The Morgan fingerprint density at radius 1 is 1.32 bits per heavy atom. The molecule has 0 saturated carbocycles. The summed E-state index contributed by atoms with van der Waals surface area (Å²) >= 11 is 0. The van der Waals surface area contributed by atoms with E-state index in [1.807, 2.05) is 7.05 Å². The molecule has 1 heterocycles. The van der Waals surface area contributed by atoms with Gasteiger partial charge in [0, 0.05) is 39.7 Å². The smallest absolute Gasteiger partial charge is 0.193 e. The van der Waals surface area contributed by atoms with Gasteiger partial charge in [0.25, 0.3) is 0 Å².